The van der Waals surface area contributed by atoms with Crippen LogP contribution in [0.2, 0.25) is 0 Å². The van der Waals surface area contributed by atoms with Gasteiger partial charge < -0.3 is 15.4 Å². The molecule has 0 saturated carbocycles. The molecule has 3 aromatic rings. The Morgan fingerprint density at radius 1 is 1.21 bits per heavy atom. The SMILES string of the molecule is CCNC(=O)Nc1nc2cc(/C(=C/SN3CCC(CC)(C(=O)OCC)CC3)NC)cc(-c3ccccn3)c2s1. The van der Waals surface area contributed by atoms with Gasteiger partial charge in [0.1, 0.15) is 0 Å². The fraction of sp³-hybridized carbons (Fsp3) is 0.429. The molecular weight excluding hydrogens is 532 g/mol. The summed E-state index contributed by atoms with van der Waals surface area (Å²) in [5, 5.41) is 11.5. The van der Waals surface area contributed by atoms with E-state index in [4.69, 9.17) is 9.72 Å². The lowest BCUT2D eigenvalue weighted by Gasteiger charge is -2.38. The van der Waals surface area contributed by atoms with Crippen LogP contribution in [0, 0.1) is 5.41 Å². The van der Waals surface area contributed by atoms with Gasteiger partial charge in [-0.05, 0) is 69.3 Å². The molecular formula is C28H36N6O3S2. The molecule has 11 heteroatoms. The average Bonchev–Trinajstić information content (AvgIpc) is 3.36. The van der Waals surface area contributed by atoms with Crippen LogP contribution in [0.5, 0.6) is 0 Å². The number of benzene rings is 1. The molecule has 0 atom stereocenters. The number of nitrogens with zero attached hydrogens (tertiary/aromatic N) is 3. The van der Waals surface area contributed by atoms with Crippen molar-refractivity contribution >= 4 is 56.3 Å². The van der Waals surface area contributed by atoms with Crippen molar-refractivity contribution in [1.82, 2.24) is 24.9 Å². The summed E-state index contributed by atoms with van der Waals surface area (Å²) in [7, 11) is 1.90. The maximum Gasteiger partial charge on any atom is 0.321 e. The van der Waals surface area contributed by atoms with Crippen LogP contribution in [0.15, 0.2) is 41.9 Å². The van der Waals surface area contributed by atoms with E-state index in [0.717, 1.165) is 65.1 Å². The molecule has 1 aromatic carbocycles. The number of hydrogen-bond acceptors (Lipinski definition) is 9. The second-order valence-electron chi connectivity index (χ2n) is 9.26. The van der Waals surface area contributed by atoms with Crippen LogP contribution in [0.3, 0.4) is 0 Å². The lowest BCUT2D eigenvalue weighted by atomic mass is 9.77. The number of esters is 1. The van der Waals surface area contributed by atoms with Crippen molar-refractivity contribution in [2.75, 3.05) is 38.6 Å². The van der Waals surface area contributed by atoms with Crippen molar-refractivity contribution in [3.05, 3.63) is 47.5 Å². The minimum atomic E-state index is -0.379. The molecule has 2 amide bonds. The monoisotopic (exact) mass is 568 g/mol. The van der Waals surface area contributed by atoms with E-state index in [1.54, 1.807) is 18.1 Å². The van der Waals surface area contributed by atoms with E-state index in [1.807, 2.05) is 45.2 Å². The molecule has 0 radical (unpaired) electrons. The summed E-state index contributed by atoms with van der Waals surface area (Å²) in [6.45, 7) is 8.38. The van der Waals surface area contributed by atoms with E-state index in [9.17, 15) is 9.59 Å². The third-order valence-electron chi connectivity index (χ3n) is 6.95. The van der Waals surface area contributed by atoms with Crippen molar-refractivity contribution in [2.45, 2.75) is 40.0 Å². The number of ether oxygens (including phenoxy) is 1. The summed E-state index contributed by atoms with van der Waals surface area (Å²) in [6.07, 6.45) is 4.14. The van der Waals surface area contributed by atoms with Crippen LogP contribution in [0.1, 0.15) is 45.6 Å². The molecule has 1 aliphatic heterocycles. The molecule has 39 heavy (non-hydrogen) atoms. The van der Waals surface area contributed by atoms with E-state index < -0.39 is 0 Å². The molecule has 0 bridgehead atoms. The standard InChI is InChI=1S/C28H36N6O3S2/c1-5-28(25(35)37-7-3)11-14-34(15-12-28)38-18-23(29-4)19-16-20(21-10-8-9-13-31-21)24-22(17-19)32-27(39-24)33-26(36)30-6-2/h8-10,13,16-18,29H,5-7,11-12,14-15H2,1-4H3,(H2,30,32,33,36)/b23-18-. The normalized spacial score (nSPS) is 15.6. The first-order valence-corrected chi connectivity index (χ1v) is 15.0. The van der Waals surface area contributed by atoms with Crippen molar-refractivity contribution in [1.29, 1.82) is 0 Å². The molecule has 1 saturated heterocycles. The highest BCUT2D eigenvalue weighted by Crippen LogP contribution is 2.40. The van der Waals surface area contributed by atoms with Gasteiger partial charge in [-0.3, -0.25) is 15.1 Å². The summed E-state index contributed by atoms with van der Waals surface area (Å²) in [5.74, 6) is -0.0664. The van der Waals surface area contributed by atoms with Crippen molar-refractivity contribution in [2.24, 2.45) is 5.41 Å². The van der Waals surface area contributed by atoms with Crippen molar-refractivity contribution < 1.29 is 14.3 Å². The van der Waals surface area contributed by atoms with Gasteiger partial charge in [-0.1, -0.05) is 24.3 Å². The molecule has 1 aliphatic rings. The number of carbonyl (C=O) groups excluding carboxylic acids is 2. The van der Waals surface area contributed by atoms with Gasteiger partial charge in [-0.15, -0.1) is 0 Å². The van der Waals surface area contributed by atoms with E-state index in [1.165, 1.54) is 11.3 Å². The summed E-state index contributed by atoms with van der Waals surface area (Å²) in [5.41, 5.74) is 4.12. The van der Waals surface area contributed by atoms with Crippen LogP contribution in [0.25, 0.3) is 27.2 Å². The first-order chi connectivity index (χ1) is 18.9. The molecule has 0 spiro atoms. The Balaban J connectivity index is 1.59. The zero-order valence-corrected chi connectivity index (χ0v) is 24.5. The van der Waals surface area contributed by atoms with Gasteiger partial charge in [0.15, 0.2) is 5.13 Å². The average molecular weight is 569 g/mol. The van der Waals surface area contributed by atoms with E-state index in [0.29, 0.717) is 18.3 Å². The minimum absolute atomic E-state index is 0.0664. The molecule has 4 rings (SSSR count). The highest BCUT2D eigenvalue weighted by Gasteiger charge is 2.41. The molecule has 9 nitrogen and oxygen atoms in total. The third kappa shape index (κ3) is 6.71. The predicted molar refractivity (Wildman–Crippen MR) is 160 cm³/mol. The number of piperidine rings is 1. The van der Waals surface area contributed by atoms with Gasteiger partial charge in [-0.25, -0.2) is 14.1 Å². The minimum Gasteiger partial charge on any atom is -0.466 e. The molecule has 0 aliphatic carbocycles. The smallest absolute Gasteiger partial charge is 0.321 e. The highest BCUT2D eigenvalue weighted by atomic mass is 32.2. The summed E-state index contributed by atoms with van der Waals surface area (Å²) in [6, 6.07) is 9.69. The highest BCUT2D eigenvalue weighted by molar-refractivity contribution is 8.00. The fourth-order valence-corrected chi connectivity index (χ4v) is 6.53. The van der Waals surface area contributed by atoms with Crippen molar-refractivity contribution in [3.8, 4) is 11.3 Å². The van der Waals surface area contributed by atoms with E-state index in [2.05, 4.69) is 43.6 Å². The van der Waals surface area contributed by atoms with Gasteiger partial charge in [0.2, 0.25) is 0 Å². The summed E-state index contributed by atoms with van der Waals surface area (Å²) in [4.78, 5) is 34.0. The number of urea groups is 1. The molecule has 1 fully saturated rings. The van der Waals surface area contributed by atoms with Gasteiger partial charge in [0.25, 0.3) is 0 Å². The Morgan fingerprint density at radius 2 is 2.00 bits per heavy atom. The van der Waals surface area contributed by atoms with Crippen LogP contribution in [-0.2, 0) is 9.53 Å². The van der Waals surface area contributed by atoms with Crippen LogP contribution in [0.4, 0.5) is 9.93 Å². The topological polar surface area (TPSA) is 108 Å². The largest absolute Gasteiger partial charge is 0.466 e. The first kappa shape index (κ1) is 28.8. The Bertz CT molecular complexity index is 1320. The summed E-state index contributed by atoms with van der Waals surface area (Å²) >= 11 is 3.08. The number of pyridine rings is 1. The fourth-order valence-electron chi connectivity index (χ4n) is 4.66. The number of carbonyl (C=O) groups is 2. The Kier molecular flexibility index (Phi) is 9.82. The number of thiazole rings is 1. The number of aromatic nitrogens is 2. The zero-order valence-electron chi connectivity index (χ0n) is 22.9. The zero-order chi connectivity index (χ0) is 27.8. The van der Waals surface area contributed by atoms with Crippen LogP contribution < -0.4 is 16.0 Å². The lowest BCUT2D eigenvalue weighted by Crippen LogP contribution is -2.42. The number of nitrogens with one attached hydrogen (secondary N) is 3. The second-order valence-corrected chi connectivity index (χ2v) is 11.2. The Morgan fingerprint density at radius 3 is 2.64 bits per heavy atom. The van der Waals surface area contributed by atoms with Gasteiger partial charge in [0, 0.05) is 55.1 Å². The Labute approximate surface area is 237 Å². The molecule has 208 valence electrons. The van der Waals surface area contributed by atoms with E-state index >= 15 is 0 Å². The predicted octanol–water partition coefficient (Wildman–Crippen LogP) is 5.72. The molecule has 3 N–H and O–H groups in total. The number of amides is 2. The Hall–Kier alpha value is -3.15. The maximum absolute atomic E-state index is 12.6. The number of anilines is 1. The first-order valence-electron chi connectivity index (χ1n) is 13.3. The quantitative estimate of drug-likeness (QED) is 0.211. The second kappa shape index (κ2) is 13.3. The molecule has 3 heterocycles. The number of fused-ring (bicyclic) bond motifs is 1. The number of rotatable bonds is 10. The van der Waals surface area contributed by atoms with Gasteiger partial charge in [0.05, 0.1) is 27.9 Å². The van der Waals surface area contributed by atoms with Gasteiger partial charge in [-0.2, -0.15) is 0 Å². The van der Waals surface area contributed by atoms with E-state index in [-0.39, 0.29) is 17.4 Å². The maximum atomic E-state index is 12.6. The molecule has 0 unspecified atom stereocenters. The lowest BCUT2D eigenvalue weighted by molar-refractivity contribution is -0.158. The van der Waals surface area contributed by atoms with Crippen LogP contribution in [-0.4, -0.2) is 59.6 Å². The van der Waals surface area contributed by atoms with Gasteiger partial charge >= 0.3 is 12.0 Å². The third-order valence-corrected chi connectivity index (χ3v) is 8.98. The van der Waals surface area contributed by atoms with Crippen molar-refractivity contribution in [3.63, 3.8) is 0 Å². The number of hydrogen-bond donors (Lipinski definition) is 3. The summed E-state index contributed by atoms with van der Waals surface area (Å²) < 4.78 is 8.63. The molecule has 2 aromatic heterocycles. The van der Waals surface area contributed by atoms with Crippen LogP contribution >= 0.6 is 23.3 Å².